The highest BCUT2D eigenvalue weighted by Gasteiger charge is 2.18. The van der Waals surface area contributed by atoms with Gasteiger partial charge in [-0.2, -0.15) is 0 Å². The van der Waals surface area contributed by atoms with Gasteiger partial charge in [0.05, 0.1) is 14.5 Å². The molecule has 0 amide bonds. The number of furan rings is 1. The van der Waals surface area contributed by atoms with Gasteiger partial charge in [-0.1, -0.05) is 23.2 Å². The molecule has 0 aromatic carbocycles. The van der Waals surface area contributed by atoms with Gasteiger partial charge in [-0.15, -0.1) is 11.3 Å². The van der Waals surface area contributed by atoms with Gasteiger partial charge in [0.15, 0.2) is 5.58 Å². The van der Waals surface area contributed by atoms with Gasteiger partial charge in [0, 0.05) is 30.0 Å². The molecule has 3 heterocycles. The van der Waals surface area contributed by atoms with E-state index in [-0.39, 0.29) is 6.04 Å². The van der Waals surface area contributed by atoms with Crippen molar-refractivity contribution >= 4 is 67.3 Å². The molecule has 3 aromatic heterocycles. The summed E-state index contributed by atoms with van der Waals surface area (Å²) in [5.74, 6) is 0.770. The lowest BCUT2D eigenvalue weighted by Gasteiger charge is -2.06. The summed E-state index contributed by atoms with van der Waals surface area (Å²) in [5, 5.41) is 3.73. The SMILES string of the molecule is C[C@H](N)Cc1oc2c(NCc3ccc(Cl)s3)cc(Cl)nc2c1Br. The molecule has 3 aromatic rings. The number of fused-ring (bicyclic) bond motifs is 1. The molecule has 0 spiro atoms. The summed E-state index contributed by atoms with van der Waals surface area (Å²) < 4.78 is 7.52. The van der Waals surface area contributed by atoms with Crippen LogP contribution in [0.15, 0.2) is 27.1 Å². The van der Waals surface area contributed by atoms with Crippen LogP contribution in [0.5, 0.6) is 0 Å². The zero-order chi connectivity index (χ0) is 16.6. The average Bonchev–Trinajstić information content (AvgIpc) is 3.02. The summed E-state index contributed by atoms with van der Waals surface area (Å²) >= 11 is 17.2. The largest absolute Gasteiger partial charge is 0.456 e. The van der Waals surface area contributed by atoms with Crippen molar-refractivity contribution in [3.05, 3.63) is 42.8 Å². The fraction of sp³-hybridized carbons (Fsp3) is 0.267. The first-order valence-electron chi connectivity index (χ1n) is 6.95. The van der Waals surface area contributed by atoms with E-state index in [1.54, 1.807) is 6.07 Å². The van der Waals surface area contributed by atoms with Crippen molar-refractivity contribution in [3.63, 3.8) is 0 Å². The minimum atomic E-state index is -0.00740. The Morgan fingerprint density at radius 2 is 2.22 bits per heavy atom. The first-order chi connectivity index (χ1) is 10.9. The molecule has 0 aliphatic rings. The molecule has 0 saturated heterocycles. The number of hydrogen-bond donors (Lipinski definition) is 2. The first-order valence-corrected chi connectivity index (χ1v) is 9.31. The number of aromatic nitrogens is 1. The van der Waals surface area contributed by atoms with Crippen LogP contribution in [0, 0.1) is 0 Å². The van der Waals surface area contributed by atoms with Gasteiger partial charge < -0.3 is 15.5 Å². The number of rotatable bonds is 5. The second kappa shape index (κ2) is 6.99. The second-order valence-electron chi connectivity index (χ2n) is 5.25. The van der Waals surface area contributed by atoms with Gasteiger partial charge in [-0.3, -0.25) is 0 Å². The molecular formula is C15H14BrCl2N3OS. The Labute approximate surface area is 156 Å². The van der Waals surface area contributed by atoms with Crippen LogP contribution in [0.1, 0.15) is 17.6 Å². The Morgan fingerprint density at radius 3 is 2.87 bits per heavy atom. The molecule has 3 N–H and O–H groups in total. The van der Waals surface area contributed by atoms with Crippen LogP contribution in [-0.2, 0) is 13.0 Å². The van der Waals surface area contributed by atoms with Crippen LogP contribution in [0.4, 0.5) is 5.69 Å². The zero-order valence-electron chi connectivity index (χ0n) is 12.2. The van der Waals surface area contributed by atoms with Crippen LogP contribution in [-0.4, -0.2) is 11.0 Å². The van der Waals surface area contributed by atoms with Gasteiger partial charge in [0.2, 0.25) is 0 Å². The van der Waals surface area contributed by atoms with Crippen molar-refractivity contribution in [3.8, 4) is 0 Å². The first kappa shape index (κ1) is 17.0. The quantitative estimate of drug-likeness (QED) is 0.523. The van der Waals surface area contributed by atoms with Crippen LogP contribution in [0.25, 0.3) is 11.1 Å². The molecule has 0 saturated carbocycles. The number of thiophene rings is 1. The Balaban J connectivity index is 1.95. The van der Waals surface area contributed by atoms with Gasteiger partial charge in [0.1, 0.15) is 16.4 Å². The Morgan fingerprint density at radius 1 is 1.43 bits per heavy atom. The van der Waals surface area contributed by atoms with Gasteiger partial charge in [-0.25, -0.2) is 4.98 Å². The van der Waals surface area contributed by atoms with E-state index >= 15 is 0 Å². The Bertz CT molecular complexity index is 847. The predicted molar refractivity (Wildman–Crippen MR) is 101 cm³/mol. The van der Waals surface area contributed by atoms with Crippen molar-refractivity contribution in [1.82, 2.24) is 4.98 Å². The van der Waals surface area contributed by atoms with Crippen LogP contribution < -0.4 is 11.1 Å². The average molecular weight is 435 g/mol. The fourth-order valence-corrected chi connectivity index (χ4v) is 3.97. The van der Waals surface area contributed by atoms with E-state index in [1.807, 2.05) is 19.1 Å². The molecule has 23 heavy (non-hydrogen) atoms. The maximum atomic E-state index is 6.14. The Hall–Kier alpha value is -0.790. The lowest BCUT2D eigenvalue weighted by Crippen LogP contribution is -2.17. The molecule has 0 radical (unpaired) electrons. The van der Waals surface area contributed by atoms with E-state index in [2.05, 4.69) is 26.2 Å². The summed E-state index contributed by atoms with van der Waals surface area (Å²) in [6, 6.07) is 5.61. The minimum absolute atomic E-state index is 0.00740. The fourth-order valence-electron chi connectivity index (χ4n) is 2.24. The van der Waals surface area contributed by atoms with E-state index in [0.717, 1.165) is 25.1 Å². The molecular weight excluding hydrogens is 421 g/mol. The molecule has 0 aliphatic carbocycles. The Kier molecular flexibility index (Phi) is 5.18. The second-order valence-corrected chi connectivity index (χ2v) is 8.23. The number of nitrogens with one attached hydrogen (secondary N) is 1. The molecule has 0 aliphatic heterocycles. The summed E-state index contributed by atoms with van der Waals surface area (Å²) in [7, 11) is 0. The molecule has 122 valence electrons. The number of halogens is 3. The number of anilines is 1. The summed E-state index contributed by atoms with van der Waals surface area (Å²) in [6.45, 7) is 2.56. The van der Waals surface area contributed by atoms with E-state index in [9.17, 15) is 0 Å². The topological polar surface area (TPSA) is 64.1 Å². The smallest absolute Gasteiger partial charge is 0.177 e. The lowest BCUT2D eigenvalue weighted by atomic mass is 10.2. The molecule has 1 atom stereocenters. The number of nitrogens with zero attached hydrogens (tertiary/aromatic N) is 1. The highest BCUT2D eigenvalue weighted by molar-refractivity contribution is 9.10. The number of nitrogens with two attached hydrogens (primary N) is 1. The van der Waals surface area contributed by atoms with E-state index in [1.165, 1.54) is 11.3 Å². The molecule has 4 nitrogen and oxygen atoms in total. The highest BCUT2D eigenvalue weighted by Crippen LogP contribution is 2.36. The molecule has 3 rings (SSSR count). The summed E-state index contributed by atoms with van der Waals surface area (Å²) in [6.07, 6.45) is 0.620. The molecule has 8 heteroatoms. The van der Waals surface area contributed by atoms with E-state index in [4.69, 9.17) is 33.4 Å². The predicted octanol–water partition coefficient (Wildman–Crippen LogP) is 5.46. The maximum absolute atomic E-state index is 6.14. The standard InChI is InChI=1S/C15H14BrCl2N3OS/c1-7(19)4-10-13(16)14-15(22-10)9(5-11(17)21-14)20-6-8-2-3-12(18)23-8/h2-3,5,7H,4,6,19H2,1H3,(H,20,21)/t7-/m0/s1. The third kappa shape index (κ3) is 3.83. The van der Waals surface area contributed by atoms with Gasteiger partial charge in [-0.05, 0) is 35.0 Å². The van der Waals surface area contributed by atoms with Crippen LogP contribution in [0.2, 0.25) is 9.49 Å². The summed E-state index contributed by atoms with van der Waals surface area (Å²) in [5.41, 5.74) is 8.02. The zero-order valence-corrected chi connectivity index (χ0v) is 16.1. The summed E-state index contributed by atoms with van der Waals surface area (Å²) in [4.78, 5) is 5.47. The normalized spacial score (nSPS) is 12.7. The van der Waals surface area contributed by atoms with Crippen LogP contribution in [0.3, 0.4) is 0 Å². The van der Waals surface area contributed by atoms with E-state index < -0.39 is 0 Å². The third-order valence-electron chi connectivity index (χ3n) is 3.21. The molecule has 0 fully saturated rings. The van der Waals surface area contributed by atoms with Crippen molar-refractivity contribution in [2.24, 2.45) is 5.73 Å². The number of hydrogen-bond acceptors (Lipinski definition) is 5. The van der Waals surface area contributed by atoms with Gasteiger partial charge >= 0.3 is 0 Å². The highest BCUT2D eigenvalue weighted by atomic mass is 79.9. The third-order valence-corrected chi connectivity index (χ3v) is 5.45. The molecule has 0 unspecified atom stereocenters. The maximum Gasteiger partial charge on any atom is 0.177 e. The van der Waals surface area contributed by atoms with Crippen molar-refractivity contribution in [1.29, 1.82) is 0 Å². The monoisotopic (exact) mass is 433 g/mol. The van der Waals surface area contributed by atoms with Gasteiger partial charge in [0.25, 0.3) is 0 Å². The van der Waals surface area contributed by atoms with Crippen molar-refractivity contribution in [2.45, 2.75) is 25.9 Å². The van der Waals surface area contributed by atoms with Crippen molar-refractivity contribution in [2.75, 3.05) is 5.32 Å². The lowest BCUT2D eigenvalue weighted by molar-refractivity contribution is 0.523. The minimum Gasteiger partial charge on any atom is -0.456 e. The van der Waals surface area contributed by atoms with E-state index in [0.29, 0.717) is 29.2 Å². The van der Waals surface area contributed by atoms with Crippen LogP contribution >= 0.6 is 50.5 Å². The number of pyridine rings is 1. The van der Waals surface area contributed by atoms with Crippen molar-refractivity contribution < 1.29 is 4.42 Å². The molecule has 0 bridgehead atoms.